The van der Waals surface area contributed by atoms with Crippen LogP contribution in [0.3, 0.4) is 0 Å². The zero-order valence-corrected chi connectivity index (χ0v) is 15.2. The number of nitriles is 1. The lowest BCUT2D eigenvalue weighted by Gasteiger charge is -2.14. The van der Waals surface area contributed by atoms with Crippen LogP contribution in [0.15, 0.2) is 47.4 Å². The van der Waals surface area contributed by atoms with Crippen LogP contribution < -0.4 is 5.32 Å². The fourth-order valence-electron chi connectivity index (χ4n) is 2.07. The maximum Gasteiger partial charge on any atom is 0.251 e. The fourth-order valence-corrected chi connectivity index (χ4v) is 3.47. The fraction of sp³-hybridized carbons (Fsp3) is 0.176. The van der Waals surface area contributed by atoms with Crippen LogP contribution in [-0.2, 0) is 16.6 Å². The molecule has 2 aromatic rings. The van der Waals surface area contributed by atoms with E-state index in [-0.39, 0.29) is 22.0 Å². The van der Waals surface area contributed by atoms with Crippen molar-refractivity contribution in [1.82, 2.24) is 9.62 Å². The predicted octanol–water partition coefficient (Wildman–Crippen LogP) is 2.39. The Labute approximate surface area is 151 Å². The molecule has 0 unspecified atom stereocenters. The van der Waals surface area contributed by atoms with Gasteiger partial charge < -0.3 is 5.32 Å². The lowest BCUT2D eigenvalue weighted by Crippen LogP contribution is -2.25. The summed E-state index contributed by atoms with van der Waals surface area (Å²) in [5.41, 5.74) is 1.45. The van der Waals surface area contributed by atoms with E-state index in [4.69, 9.17) is 16.9 Å². The highest BCUT2D eigenvalue weighted by Gasteiger charge is 2.22. The highest BCUT2D eigenvalue weighted by molar-refractivity contribution is 7.89. The number of nitrogens with one attached hydrogen (secondary N) is 1. The van der Waals surface area contributed by atoms with Crippen LogP contribution in [0.25, 0.3) is 0 Å². The van der Waals surface area contributed by atoms with E-state index in [0.29, 0.717) is 5.56 Å². The van der Waals surface area contributed by atoms with Gasteiger partial charge in [-0.25, -0.2) is 12.7 Å². The number of carbonyl (C=O) groups excluding carboxylic acids is 1. The van der Waals surface area contributed by atoms with Crippen molar-refractivity contribution >= 4 is 27.5 Å². The van der Waals surface area contributed by atoms with Gasteiger partial charge in [0.1, 0.15) is 4.90 Å². The summed E-state index contributed by atoms with van der Waals surface area (Å²) in [6, 6.07) is 13.0. The quantitative estimate of drug-likeness (QED) is 0.866. The van der Waals surface area contributed by atoms with Gasteiger partial charge in [0.2, 0.25) is 10.0 Å². The SMILES string of the molecule is CN(C)S(=O)(=O)c1cc(C(=O)NCc2cccc(C#N)c2)ccc1Cl. The Balaban J connectivity index is 2.21. The van der Waals surface area contributed by atoms with Gasteiger partial charge in [0.05, 0.1) is 16.7 Å². The van der Waals surface area contributed by atoms with E-state index in [1.54, 1.807) is 24.3 Å². The van der Waals surface area contributed by atoms with Crippen molar-refractivity contribution in [3.05, 3.63) is 64.2 Å². The molecule has 2 rings (SSSR count). The van der Waals surface area contributed by atoms with E-state index in [9.17, 15) is 13.2 Å². The van der Waals surface area contributed by atoms with Gasteiger partial charge >= 0.3 is 0 Å². The summed E-state index contributed by atoms with van der Waals surface area (Å²) in [5, 5.41) is 11.6. The number of amides is 1. The molecule has 8 heteroatoms. The molecule has 0 saturated carbocycles. The Kier molecular flexibility index (Phi) is 5.80. The van der Waals surface area contributed by atoms with E-state index < -0.39 is 15.9 Å². The first kappa shape index (κ1) is 18.9. The molecule has 0 aliphatic carbocycles. The standard InChI is InChI=1S/C17H16ClN3O3S/c1-21(2)25(23,24)16-9-14(6-7-15(16)18)17(22)20-11-13-5-3-4-12(8-13)10-19/h3-9H,11H2,1-2H3,(H,20,22). The number of halogens is 1. The summed E-state index contributed by atoms with van der Waals surface area (Å²) in [7, 11) is -0.975. The monoisotopic (exact) mass is 377 g/mol. The van der Waals surface area contributed by atoms with E-state index in [2.05, 4.69) is 5.32 Å². The first-order valence-electron chi connectivity index (χ1n) is 7.25. The summed E-state index contributed by atoms with van der Waals surface area (Å²) in [6.45, 7) is 0.215. The van der Waals surface area contributed by atoms with Crippen LogP contribution in [0.4, 0.5) is 0 Å². The van der Waals surface area contributed by atoms with Crippen LogP contribution in [0.2, 0.25) is 5.02 Å². The Morgan fingerprint density at radius 1 is 1.24 bits per heavy atom. The molecular weight excluding hydrogens is 362 g/mol. The van der Waals surface area contributed by atoms with Gasteiger partial charge in [0.25, 0.3) is 5.91 Å². The Bertz CT molecular complexity index is 950. The van der Waals surface area contributed by atoms with Gasteiger partial charge in [-0.15, -0.1) is 0 Å². The molecule has 0 radical (unpaired) electrons. The Morgan fingerprint density at radius 3 is 2.60 bits per heavy atom. The number of carbonyl (C=O) groups is 1. The number of hydrogen-bond acceptors (Lipinski definition) is 4. The Hall–Kier alpha value is -2.40. The second kappa shape index (κ2) is 7.66. The highest BCUT2D eigenvalue weighted by atomic mass is 35.5. The van der Waals surface area contributed by atoms with Gasteiger partial charge in [-0.05, 0) is 35.9 Å². The summed E-state index contributed by atoms with van der Waals surface area (Å²) >= 11 is 5.97. The lowest BCUT2D eigenvalue weighted by atomic mass is 10.1. The van der Waals surface area contributed by atoms with Crippen molar-refractivity contribution in [3.8, 4) is 6.07 Å². The van der Waals surface area contributed by atoms with Crippen molar-refractivity contribution < 1.29 is 13.2 Å². The zero-order valence-electron chi connectivity index (χ0n) is 13.7. The maximum atomic E-state index is 12.3. The second-order valence-corrected chi connectivity index (χ2v) is 7.95. The van der Waals surface area contributed by atoms with E-state index in [1.807, 2.05) is 6.07 Å². The molecule has 0 heterocycles. The molecule has 0 atom stereocenters. The summed E-state index contributed by atoms with van der Waals surface area (Å²) in [4.78, 5) is 12.2. The molecule has 0 saturated heterocycles. The largest absolute Gasteiger partial charge is 0.348 e. The van der Waals surface area contributed by atoms with Gasteiger partial charge in [0.15, 0.2) is 0 Å². The Morgan fingerprint density at radius 2 is 1.96 bits per heavy atom. The van der Waals surface area contributed by atoms with Crippen LogP contribution >= 0.6 is 11.6 Å². The molecule has 0 aliphatic rings. The summed E-state index contributed by atoms with van der Waals surface area (Å²) in [5.74, 6) is -0.436. The first-order chi connectivity index (χ1) is 11.8. The molecule has 0 spiro atoms. The van der Waals surface area contributed by atoms with Crippen molar-refractivity contribution in [2.75, 3.05) is 14.1 Å². The molecule has 0 aromatic heterocycles. The third-order valence-corrected chi connectivity index (χ3v) is 5.76. The average molecular weight is 378 g/mol. The number of rotatable bonds is 5. The molecule has 1 N–H and O–H groups in total. The minimum atomic E-state index is -3.75. The topological polar surface area (TPSA) is 90.3 Å². The van der Waals surface area contributed by atoms with Crippen molar-refractivity contribution in [2.45, 2.75) is 11.4 Å². The van der Waals surface area contributed by atoms with Crippen molar-refractivity contribution in [3.63, 3.8) is 0 Å². The van der Waals surface area contributed by atoms with Gasteiger partial charge in [-0.1, -0.05) is 23.7 Å². The van der Waals surface area contributed by atoms with Crippen molar-refractivity contribution in [2.24, 2.45) is 0 Å². The molecular formula is C17H16ClN3O3S. The molecule has 130 valence electrons. The van der Waals surface area contributed by atoms with Crippen LogP contribution in [0.5, 0.6) is 0 Å². The molecule has 0 bridgehead atoms. The molecule has 0 aliphatic heterocycles. The number of nitrogens with zero attached hydrogens (tertiary/aromatic N) is 2. The van der Waals surface area contributed by atoms with Crippen LogP contribution in [-0.4, -0.2) is 32.7 Å². The normalized spacial score (nSPS) is 11.2. The number of sulfonamides is 1. The van der Waals surface area contributed by atoms with Crippen molar-refractivity contribution in [1.29, 1.82) is 5.26 Å². The van der Waals surface area contributed by atoms with E-state index in [0.717, 1.165) is 9.87 Å². The maximum absolute atomic E-state index is 12.3. The van der Waals surface area contributed by atoms with Crippen LogP contribution in [0.1, 0.15) is 21.5 Å². The number of hydrogen-bond donors (Lipinski definition) is 1. The predicted molar refractivity (Wildman–Crippen MR) is 94.7 cm³/mol. The van der Waals surface area contributed by atoms with E-state index >= 15 is 0 Å². The lowest BCUT2D eigenvalue weighted by molar-refractivity contribution is 0.0950. The minimum Gasteiger partial charge on any atom is -0.348 e. The first-order valence-corrected chi connectivity index (χ1v) is 9.07. The van der Waals surface area contributed by atoms with Gasteiger partial charge in [-0.3, -0.25) is 4.79 Å². The molecule has 25 heavy (non-hydrogen) atoms. The van der Waals surface area contributed by atoms with E-state index in [1.165, 1.54) is 32.3 Å². The molecule has 0 fully saturated rings. The second-order valence-electron chi connectivity index (χ2n) is 5.43. The van der Waals surface area contributed by atoms with Gasteiger partial charge in [0, 0.05) is 26.2 Å². The number of benzene rings is 2. The third-order valence-electron chi connectivity index (χ3n) is 3.46. The summed E-state index contributed by atoms with van der Waals surface area (Å²) < 4.78 is 25.5. The molecule has 1 amide bonds. The minimum absolute atomic E-state index is 0.0481. The molecule has 2 aromatic carbocycles. The molecule has 6 nitrogen and oxygen atoms in total. The smallest absolute Gasteiger partial charge is 0.251 e. The average Bonchev–Trinajstić information content (AvgIpc) is 2.59. The highest BCUT2D eigenvalue weighted by Crippen LogP contribution is 2.24. The third kappa shape index (κ3) is 4.37. The summed E-state index contributed by atoms with van der Waals surface area (Å²) in [6.07, 6.45) is 0. The van der Waals surface area contributed by atoms with Gasteiger partial charge in [-0.2, -0.15) is 5.26 Å². The van der Waals surface area contributed by atoms with Crippen LogP contribution in [0, 0.1) is 11.3 Å². The zero-order chi connectivity index (χ0) is 18.6.